The number of carbonyl (C=O) groups excluding carboxylic acids is 3. The van der Waals surface area contributed by atoms with Crippen LogP contribution in [0.15, 0.2) is 60.7 Å². The van der Waals surface area contributed by atoms with Crippen LogP contribution in [-0.4, -0.2) is 89.8 Å². The molecule has 0 aliphatic carbocycles. The Bertz CT molecular complexity index is 1210. The van der Waals surface area contributed by atoms with Crippen molar-refractivity contribution in [3.05, 3.63) is 71.8 Å². The lowest BCUT2D eigenvalue weighted by Gasteiger charge is -2.38. The van der Waals surface area contributed by atoms with Crippen molar-refractivity contribution in [1.82, 2.24) is 20.4 Å². The molecule has 2 aromatic carbocycles. The molecule has 0 saturated carbocycles. The number of piperidine rings is 1. The zero-order valence-electron chi connectivity index (χ0n) is 28.2. The number of aliphatic hydroxyl groups is 1. The number of ether oxygens (including phenoxy) is 1. The van der Waals surface area contributed by atoms with Gasteiger partial charge in [-0.3, -0.25) is 9.59 Å². The molecule has 9 heteroatoms. The Morgan fingerprint density at radius 1 is 0.911 bits per heavy atom. The second-order valence-corrected chi connectivity index (χ2v) is 13.9. The third-order valence-corrected chi connectivity index (χ3v) is 8.42. The number of aliphatic hydroxyl groups excluding tert-OH is 1. The Balaban J connectivity index is 1.81. The fourth-order valence-electron chi connectivity index (χ4n) is 5.83. The van der Waals surface area contributed by atoms with Gasteiger partial charge in [-0.2, -0.15) is 0 Å². The summed E-state index contributed by atoms with van der Waals surface area (Å²) in [4.78, 5) is 44.6. The van der Waals surface area contributed by atoms with E-state index in [1.165, 1.54) is 0 Å². The summed E-state index contributed by atoms with van der Waals surface area (Å²) in [6.07, 6.45) is 0.923. The molecule has 0 spiro atoms. The summed E-state index contributed by atoms with van der Waals surface area (Å²) in [7, 11) is 4.13. The molecule has 0 aromatic heterocycles. The first kappa shape index (κ1) is 36.0. The number of nitrogens with zero attached hydrogens (tertiary/aromatic N) is 2. The first-order chi connectivity index (χ1) is 21.2. The summed E-state index contributed by atoms with van der Waals surface area (Å²) in [5.41, 5.74) is 1.18. The lowest BCUT2D eigenvalue weighted by Crippen LogP contribution is -2.55. The Kier molecular flexibility index (Phi) is 13.4. The van der Waals surface area contributed by atoms with Crippen molar-refractivity contribution in [2.24, 2.45) is 11.8 Å². The van der Waals surface area contributed by atoms with Gasteiger partial charge in [0.25, 0.3) is 0 Å². The first-order valence-electron chi connectivity index (χ1n) is 16.2. The molecule has 3 amide bonds. The summed E-state index contributed by atoms with van der Waals surface area (Å²) in [6.45, 7) is 10.5. The predicted molar refractivity (Wildman–Crippen MR) is 178 cm³/mol. The summed E-state index contributed by atoms with van der Waals surface area (Å²) in [5.74, 6) is -1.11. The monoisotopic (exact) mass is 622 g/mol. The van der Waals surface area contributed by atoms with Gasteiger partial charge >= 0.3 is 6.09 Å². The quantitative estimate of drug-likeness (QED) is 0.305. The minimum Gasteiger partial charge on any atom is -0.444 e. The molecule has 9 nitrogen and oxygen atoms in total. The number of carbonyl (C=O) groups is 3. The highest BCUT2D eigenvalue weighted by atomic mass is 16.6. The maximum atomic E-state index is 14.0. The molecule has 4 atom stereocenters. The van der Waals surface area contributed by atoms with Crippen LogP contribution in [0.3, 0.4) is 0 Å². The molecule has 2 aromatic rings. The Hall–Kier alpha value is -3.43. The molecule has 1 aliphatic rings. The lowest BCUT2D eigenvalue weighted by molar-refractivity contribution is -0.140. The van der Waals surface area contributed by atoms with Crippen molar-refractivity contribution in [3.8, 4) is 0 Å². The van der Waals surface area contributed by atoms with Gasteiger partial charge in [-0.15, -0.1) is 0 Å². The van der Waals surface area contributed by atoms with Gasteiger partial charge in [0.05, 0.1) is 12.1 Å². The summed E-state index contributed by atoms with van der Waals surface area (Å²) in [5, 5.41) is 17.5. The van der Waals surface area contributed by atoms with Crippen molar-refractivity contribution in [1.29, 1.82) is 0 Å². The van der Waals surface area contributed by atoms with Crippen molar-refractivity contribution in [2.75, 3.05) is 27.2 Å². The topological polar surface area (TPSA) is 111 Å². The minimum absolute atomic E-state index is 0.0666. The van der Waals surface area contributed by atoms with Crippen LogP contribution in [0.5, 0.6) is 0 Å². The molecular weight excluding hydrogens is 568 g/mol. The highest BCUT2D eigenvalue weighted by molar-refractivity contribution is 5.89. The maximum absolute atomic E-state index is 14.0. The van der Waals surface area contributed by atoms with E-state index in [4.69, 9.17) is 4.74 Å². The number of likely N-dealkylation sites (tertiary alicyclic amines) is 1. The fraction of sp³-hybridized carbons (Fsp3) is 0.583. The van der Waals surface area contributed by atoms with Crippen molar-refractivity contribution >= 4 is 17.9 Å². The van der Waals surface area contributed by atoms with E-state index in [2.05, 4.69) is 29.6 Å². The van der Waals surface area contributed by atoms with Gasteiger partial charge in [-0.1, -0.05) is 74.5 Å². The van der Waals surface area contributed by atoms with E-state index in [-0.39, 0.29) is 24.2 Å². The Morgan fingerprint density at radius 3 is 1.93 bits per heavy atom. The Labute approximate surface area is 269 Å². The van der Waals surface area contributed by atoms with Crippen LogP contribution in [0, 0.1) is 11.8 Å². The van der Waals surface area contributed by atoms with Crippen LogP contribution >= 0.6 is 0 Å². The number of alkyl carbamates (subject to hydrolysis) is 1. The maximum Gasteiger partial charge on any atom is 0.407 e. The molecule has 45 heavy (non-hydrogen) atoms. The molecule has 3 rings (SSSR count). The molecule has 0 radical (unpaired) electrons. The molecule has 1 fully saturated rings. The molecule has 3 unspecified atom stereocenters. The molecule has 1 aliphatic heterocycles. The SMILES string of the molecule is CC(C)[C@H](NC(=O)C(Cc1ccccc1)CC(O)C(Cc1ccccc1)NC(=O)OC(C)(C)C)C(=O)N1CCC(N(C)C)CC1. The van der Waals surface area contributed by atoms with E-state index in [9.17, 15) is 19.5 Å². The van der Waals surface area contributed by atoms with E-state index < -0.39 is 35.8 Å². The number of hydrogen-bond donors (Lipinski definition) is 3. The van der Waals surface area contributed by atoms with Gasteiger partial charge in [0.2, 0.25) is 11.8 Å². The van der Waals surface area contributed by atoms with E-state index in [1.807, 2.05) is 79.4 Å². The first-order valence-corrected chi connectivity index (χ1v) is 16.2. The van der Waals surface area contributed by atoms with Crippen LogP contribution in [0.4, 0.5) is 4.79 Å². The fourth-order valence-corrected chi connectivity index (χ4v) is 5.83. The van der Waals surface area contributed by atoms with Crippen LogP contribution in [0.2, 0.25) is 0 Å². The molecule has 0 bridgehead atoms. The average molecular weight is 623 g/mol. The molecular formula is C36H54N4O5. The standard InChI is InChI=1S/C36H54N4O5/c1-25(2)32(34(43)40-20-18-29(19-21-40)39(6)7)38-33(42)28(22-26-14-10-8-11-15-26)24-31(41)30(23-27-16-12-9-13-17-27)37-35(44)45-36(3,4)5/h8-17,25,28-32,41H,18-24H2,1-7H3,(H,37,44)(H,38,42)/t28?,30?,31?,32-/m0/s1. The normalized spacial score (nSPS) is 17.0. The highest BCUT2D eigenvalue weighted by Crippen LogP contribution is 2.22. The van der Waals surface area contributed by atoms with Crippen molar-refractivity contribution in [2.45, 2.75) is 96.6 Å². The van der Waals surface area contributed by atoms with Gasteiger partial charge in [-0.05, 0) is 84.0 Å². The van der Waals surface area contributed by atoms with E-state index in [0.717, 1.165) is 24.0 Å². The second-order valence-electron chi connectivity index (χ2n) is 13.9. The number of nitrogens with one attached hydrogen (secondary N) is 2. The van der Waals surface area contributed by atoms with Gasteiger partial charge < -0.3 is 30.3 Å². The van der Waals surface area contributed by atoms with Gasteiger partial charge in [-0.25, -0.2) is 4.79 Å². The summed E-state index contributed by atoms with van der Waals surface area (Å²) >= 11 is 0. The second kappa shape index (κ2) is 16.8. The van der Waals surface area contributed by atoms with Gasteiger partial charge in [0, 0.05) is 25.0 Å². The largest absolute Gasteiger partial charge is 0.444 e. The predicted octanol–water partition coefficient (Wildman–Crippen LogP) is 4.43. The van der Waals surface area contributed by atoms with E-state index in [1.54, 1.807) is 20.8 Å². The van der Waals surface area contributed by atoms with Crippen LogP contribution in [0.1, 0.15) is 65.0 Å². The third kappa shape index (κ3) is 11.8. The van der Waals surface area contributed by atoms with Gasteiger partial charge in [0.1, 0.15) is 11.6 Å². The molecule has 248 valence electrons. The van der Waals surface area contributed by atoms with E-state index >= 15 is 0 Å². The Morgan fingerprint density at radius 2 is 1.44 bits per heavy atom. The smallest absolute Gasteiger partial charge is 0.407 e. The van der Waals surface area contributed by atoms with E-state index in [0.29, 0.717) is 32.0 Å². The van der Waals surface area contributed by atoms with Crippen molar-refractivity contribution < 1.29 is 24.2 Å². The lowest BCUT2D eigenvalue weighted by atomic mass is 9.88. The van der Waals surface area contributed by atoms with Crippen LogP contribution in [-0.2, 0) is 27.2 Å². The summed E-state index contributed by atoms with van der Waals surface area (Å²) < 4.78 is 5.50. The number of rotatable bonds is 13. The zero-order chi connectivity index (χ0) is 33.1. The summed E-state index contributed by atoms with van der Waals surface area (Å²) in [6, 6.07) is 18.3. The highest BCUT2D eigenvalue weighted by Gasteiger charge is 2.35. The number of benzene rings is 2. The average Bonchev–Trinajstić information content (AvgIpc) is 2.98. The zero-order valence-corrected chi connectivity index (χ0v) is 28.2. The molecule has 1 saturated heterocycles. The van der Waals surface area contributed by atoms with Crippen molar-refractivity contribution in [3.63, 3.8) is 0 Å². The minimum atomic E-state index is -1.06. The number of amides is 3. The third-order valence-electron chi connectivity index (χ3n) is 8.42. The van der Waals surface area contributed by atoms with Crippen LogP contribution in [0.25, 0.3) is 0 Å². The number of hydrogen-bond acceptors (Lipinski definition) is 6. The van der Waals surface area contributed by atoms with Crippen LogP contribution < -0.4 is 10.6 Å². The molecule has 1 heterocycles. The molecule has 3 N–H and O–H groups in total. The van der Waals surface area contributed by atoms with Gasteiger partial charge in [0.15, 0.2) is 0 Å².